The fourth-order valence-electron chi connectivity index (χ4n) is 1.50. The average Bonchev–Trinajstić information content (AvgIpc) is 2.37. The zero-order chi connectivity index (χ0) is 13.2. The standard InChI is InChI=1S/C15H25NO2/c1-13(2)12-17-9-10-18-14(3)11-16-15-7-5-4-6-8-15/h4-8,13-14,16H,9-12H2,1-3H3. The van der Waals surface area contributed by atoms with Gasteiger partial charge in [-0.2, -0.15) is 0 Å². The average molecular weight is 251 g/mol. The molecule has 3 heteroatoms. The van der Waals surface area contributed by atoms with Crippen molar-refractivity contribution in [2.75, 3.05) is 31.7 Å². The summed E-state index contributed by atoms with van der Waals surface area (Å²) in [7, 11) is 0. The lowest BCUT2D eigenvalue weighted by Crippen LogP contribution is -2.22. The topological polar surface area (TPSA) is 30.5 Å². The van der Waals surface area contributed by atoms with Gasteiger partial charge in [-0.3, -0.25) is 0 Å². The number of para-hydroxylation sites is 1. The van der Waals surface area contributed by atoms with Crippen LogP contribution in [0.25, 0.3) is 0 Å². The van der Waals surface area contributed by atoms with E-state index in [2.05, 4.69) is 38.2 Å². The van der Waals surface area contributed by atoms with E-state index in [9.17, 15) is 0 Å². The maximum Gasteiger partial charge on any atom is 0.0720 e. The van der Waals surface area contributed by atoms with Crippen LogP contribution in [-0.4, -0.2) is 32.5 Å². The summed E-state index contributed by atoms with van der Waals surface area (Å²) in [5, 5.41) is 3.34. The molecule has 0 spiro atoms. The fourth-order valence-corrected chi connectivity index (χ4v) is 1.50. The number of hydrogen-bond donors (Lipinski definition) is 1. The molecule has 0 saturated heterocycles. The maximum atomic E-state index is 5.66. The first-order chi connectivity index (χ1) is 8.68. The quantitative estimate of drug-likeness (QED) is 0.684. The lowest BCUT2D eigenvalue weighted by Gasteiger charge is -2.15. The molecule has 1 aromatic rings. The Balaban J connectivity index is 2.02. The van der Waals surface area contributed by atoms with Crippen molar-refractivity contribution in [2.45, 2.75) is 26.9 Å². The highest BCUT2D eigenvalue weighted by atomic mass is 16.5. The van der Waals surface area contributed by atoms with Crippen molar-refractivity contribution in [3.05, 3.63) is 30.3 Å². The Hall–Kier alpha value is -1.06. The molecule has 1 N–H and O–H groups in total. The van der Waals surface area contributed by atoms with E-state index in [1.807, 2.05) is 18.2 Å². The van der Waals surface area contributed by atoms with E-state index in [1.165, 1.54) is 0 Å². The molecule has 0 bridgehead atoms. The van der Waals surface area contributed by atoms with Gasteiger partial charge in [0.05, 0.1) is 19.3 Å². The number of ether oxygens (including phenoxy) is 2. The van der Waals surface area contributed by atoms with E-state index in [-0.39, 0.29) is 6.10 Å². The molecule has 1 rings (SSSR count). The van der Waals surface area contributed by atoms with Crippen molar-refractivity contribution in [2.24, 2.45) is 5.92 Å². The van der Waals surface area contributed by atoms with Gasteiger partial charge in [0.2, 0.25) is 0 Å². The van der Waals surface area contributed by atoms with Gasteiger partial charge in [-0.15, -0.1) is 0 Å². The smallest absolute Gasteiger partial charge is 0.0720 e. The summed E-state index contributed by atoms with van der Waals surface area (Å²) in [6, 6.07) is 10.2. The molecule has 1 aromatic carbocycles. The highest BCUT2D eigenvalue weighted by Crippen LogP contribution is 2.05. The van der Waals surface area contributed by atoms with Crippen LogP contribution < -0.4 is 5.32 Å². The number of nitrogens with one attached hydrogen (secondary N) is 1. The van der Waals surface area contributed by atoms with Gasteiger partial charge in [0, 0.05) is 18.8 Å². The Labute approximate surface area is 110 Å². The lowest BCUT2D eigenvalue weighted by atomic mass is 10.2. The predicted molar refractivity (Wildman–Crippen MR) is 76.0 cm³/mol. The lowest BCUT2D eigenvalue weighted by molar-refractivity contribution is 0.0109. The minimum absolute atomic E-state index is 0.188. The molecule has 102 valence electrons. The second kappa shape index (κ2) is 8.95. The van der Waals surface area contributed by atoms with Gasteiger partial charge in [0.25, 0.3) is 0 Å². The predicted octanol–water partition coefficient (Wildman–Crippen LogP) is 3.18. The van der Waals surface area contributed by atoms with Crippen LogP contribution in [0.2, 0.25) is 0 Å². The highest BCUT2D eigenvalue weighted by Gasteiger charge is 2.02. The maximum absolute atomic E-state index is 5.66. The third-order valence-corrected chi connectivity index (χ3v) is 2.45. The van der Waals surface area contributed by atoms with Gasteiger partial charge in [0.15, 0.2) is 0 Å². The first-order valence-corrected chi connectivity index (χ1v) is 6.66. The Kier molecular flexibility index (Phi) is 7.46. The Morgan fingerprint density at radius 2 is 1.78 bits per heavy atom. The molecule has 0 radical (unpaired) electrons. The van der Waals surface area contributed by atoms with E-state index in [0.717, 1.165) is 18.8 Å². The molecule has 1 atom stereocenters. The first kappa shape index (κ1) is 15.0. The van der Waals surface area contributed by atoms with Crippen LogP contribution in [0.1, 0.15) is 20.8 Å². The van der Waals surface area contributed by atoms with E-state index in [1.54, 1.807) is 0 Å². The summed E-state index contributed by atoms with van der Waals surface area (Å²) >= 11 is 0. The van der Waals surface area contributed by atoms with Crippen molar-refractivity contribution >= 4 is 5.69 Å². The van der Waals surface area contributed by atoms with Gasteiger partial charge in [-0.25, -0.2) is 0 Å². The third-order valence-electron chi connectivity index (χ3n) is 2.45. The van der Waals surface area contributed by atoms with Gasteiger partial charge >= 0.3 is 0 Å². The molecule has 0 aliphatic rings. The first-order valence-electron chi connectivity index (χ1n) is 6.66. The number of anilines is 1. The van der Waals surface area contributed by atoms with Crippen molar-refractivity contribution in [1.82, 2.24) is 0 Å². The largest absolute Gasteiger partial charge is 0.382 e. The van der Waals surface area contributed by atoms with Crippen LogP contribution in [-0.2, 0) is 9.47 Å². The summed E-state index contributed by atoms with van der Waals surface area (Å²) in [6.07, 6.45) is 0.188. The molecule has 0 heterocycles. The van der Waals surface area contributed by atoms with Crippen LogP contribution in [0.15, 0.2) is 30.3 Å². The zero-order valence-electron chi connectivity index (χ0n) is 11.7. The van der Waals surface area contributed by atoms with Gasteiger partial charge in [-0.05, 0) is 25.0 Å². The minimum atomic E-state index is 0.188. The van der Waals surface area contributed by atoms with Gasteiger partial charge < -0.3 is 14.8 Å². The molecule has 0 amide bonds. The molecule has 18 heavy (non-hydrogen) atoms. The molecule has 0 aromatic heterocycles. The Morgan fingerprint density at radius 1 is 1.06 bits per heavy atom. The molecule has 0 saturated carbocycles. The van der Waals surface area contributed by atoms with Crippen molar-refractivity contribution in [3.63, 3.8) is 0 Å². The Bertz CT molecular complexity index is 301. The van der Waals surface area contributed by atoms with E-state index < -0.39 is 0 Å². The van der Waals surface area contributed by atoms with Crippen molar-refractivity contribution in [3.8, 4) is 0 Å². The van der Waals surface area contributed by atoms with Crippen LogP contribution in [0.4, 0.5) is 5.69 Å². The highest BCUT2D eigenvalue weighted by molar-refractivity contribution is 5.42. The summed E-state index contributed by atoms with van der Waals surface area (Å²) in [5.74, 6) is 0.585. The molecule has 0 aliphatic carbocycles. The normalized spacial score (nSPS) is 12.7. The molecule has 0 aliphatic heterocycles. The number of hydrogen-bond acceptors (Lipinski definition) is 3. The number of benzene rings is 1. The SMILES string of the molecule is CC(C)COCCOC(C)CNc1ccccc1. The second-order valence-electron chi connectivity index (χ2n) is 4.90. The zero-order valence-corrected chi connectivity index (χ0v) is 11.7. The van der Waals surface area contributed by atoms with E-state index in [4.69, 9.17) is 9.47 Å². The minimum Gasteiger partial charge on any atom is -0.382 e. The van der Waals surface area contributed by atoms with Crippen molar-refractivity contribution < 1.29 is 9.47 Å². The molecular formula is C15H25NO2. The monoisotopic (exact) mass is 251 g/mol. The van der Waals surface area contributed by atoms with E-state index >= 15 is 0 Å². The third kappa shape index (κ3) is 7.30. The van der Waals surface area contributed by atoms with Crippen LogP contribution in [0, 0.1) is 5.92 Å². The van der Waals surface area contributed by atoms with Gasteiger partial charge in [0.1, 0.15) is 0 Å². The molecule has 0 fully saturated rings. The molecular weight excluding hydrogens is 226 g/mol. The van der Waals surface area contributed by atoms with Crippen LogP contribution in [0.3, 0.4) is 0 Å². The second-order valence-corrected chi connectivity index (χ2v) is 4.90. The summed E-state index contributed by atoms with van der Waals surface area (Å²) in [4.78, 5) is 0. The van der Waals surface area contributed by atoms with Crippen LogP contribution >= 0.6 is 0 Å². The fraction of sp³-hybridized carbons (Fsp3) is 0.600. The summed E-state index contributed by atoms with van der Waals surface area (Å²) < 4.78 is 11.1. The van der Waals surface area contributed by atoms with E-state index in [0.29, 0.717) is 19.1 Å². The molecule has 3 nitrogen and oxygen atoms in total. The van der Waals surface area contributed by atoms with Crippen LogP contribution in [0.5, 0.6) is 0 Å². The Morgan fingerprint density at radius 3 is 2.44 bits per heavy atom. The van der Waals surface area contributed by atoms with Gasteiger partial charge in [-0.1, -0.05) is 32.0 Å². The summed E-state index contributed by atoms with van der Waals surface area (Å²) in [6.45, 7) is 9.31. The summed E-state index contributed by atoms with van der Waals surface area (Å²) in [5.41, 5.74) is 1.13. The molecule has 1 unspecified atom stereocenters. The number of rotatable bonds is 9. The van der Waals surface area contributed by atoms with Crippen molar-refractivity contribution in [1.29, 1.82) is 0 Å².